The highest BCUT2D eigenvalue weighted by Gasteiger charge is 2.29. The summed E-state index contributed by atoms with van der Waals surface area (Å²) < 4.78 is 5.99. The zero-order valence-corrected chi connectivity index (χ0v) is 15.7. The van der Waals surface area contributed by atoms with Gasteiger partial charge in [0.15, 0.2) is 0 Å². The third-order valence-corrected chi connectivity index (χ3v) is 4.23. The number of anilines is 1. The Kier molecular flexibility index (Phi) is 5.93. The quantitative estimate of drug-likeness (QED) is 0.576. The van der Waals surface area contributed by atoms with Crippen LogP contribution in [0.5, 0.6) is 5.75 Å². The zero-order chi connectivity index (χ0) is 18.6. The van der Waals surface area contributed by atoms with Gasteiger partial charge in [-0.2, -0.15) is 0 Å². The predicted molar refractivity (Wildman–Crippen MR) is 101 cm³/mol. The van der Waals surface area contributed by atoms with Crippen LogP contribution < -0.4 is 15.8 Å². The second-order valence-electron chi connectivity index (χ2n) is 7.68. The number of nitrogens with two attached hydrogens (primary N) is 1. The Bertz CT molecular complexity index is 637. The van der Waals surface area contributed by atoms with E-state index in [4.69, 9.17) is 15.9 Å². The highest BCUT2D eigenvalue weighted by molar-refractivity contribution is 6.03. The minimum atomic E-state index is -0.266. The lowest BCUT2D eigenvalue weighted by Gasteiger charge is -2.37. The molecule has 1 heterocycles. The highest BCUT2D eigenvalue weighted by Crippen LogP contribution is 2.26. The van der Waals surface area contributed by atoms with Gasteiger partial charge in [0, 0.05) is 23.5 Å². The van der Waals surface area contributed by atoms with Crippen molar-refractivity contribution in [1.29, 1.82) is 5.41 Å². The molecule has 0 aromatic heterocycles. The third kappa shape index (κ3) is 5.11. The second kappa shape index (κ2) is 7.76. The largest absolute Gasteiger partial charge is 0.491 e. The number of ether oxygens (including phenoxy) is 1. The molecule has 138 valence electrons. The number of nitrogen functional groups attached to an aromatic ring is 1. The lowest BCUT2D eigenvalue weighted by molar-refractivity contribution is 0.112. The Balaban J connectivity index is 2.09. The summed E-state index contributed by atoms with van der Waals surface area (Å²) in [6.07, 6.45) is 3.01. The molecule has 1 aliphatic heterocycles. The summed E-state index contributed by atoms with van der Waals surface area (Å²) in [5, 5.41) is 10.9. The molecular weight excluding hydrogens is 316 g/mol. The van der Waals surface area contributed by atoms with Crippen LogP contribution in [0.1, 0.15) is 52.5 Å². The number of amides is 2. The summed E-state index contributed by atoms with van der Waals surface area (Å²) in [6.45, 7) is 8.78. The number of nitrogens with one attached hydrogen (secondary N) is 2. The molecule has 0 aliphatic carbocycles. The number of hydrogen-bond donors (Lipinski definition) is 3. The number of carbonyl (C=O) groups is 1. The standard InChI is InChI=1S/C19H30N4O2/c1-13(20)17-15(21)9-7-10-16(17)25-12-14-8-5-6-11-23(14)18(24)22-19(2,3)4/h7,9-10,14,20H,5-6,8,11-12,21H2,1-4H3,(H,22,24). The zero-order valence-electron chi connectivity index (χ0n) is 15.7. The monoisotopic (exact) mass is 346 g/mol. The number of carbonyl (C=O) groups excluding carboxylic acids is 1. The van der Waals surface area contributed by atoms with E-state index in [9.17, 15) is 4.79 Å². The van der Waals surface area contributed by atoms with Gasteiger partial charge in [0.2, 0.25) is 0 Å². The van der Waals surface area contributed by atoms with Crippen molar-refractivity contribution in [2.45, 2.75) is 58.5 Å². The van der Waals surface area contributed by atoms with Crippen molar-refractivity contribution >= 4 is 17.4 Å². The van der Waals surface area contributed by atoms with Crippen LogP contribution in [-0.2, 0) is 0 Å². The molecule has 1 atom stereocenters. The molecule has 1 aliphatic rings. The molecule has 2 rings (SSSR count). The van der Waals surface area contributed by atoms with Crippen molar-refractivity contribution in [3.8, 4) is 5.75 Å². The molecule has 0 spiro atoms. The van der Waals surface area contributed by atoms with Crippen molar-refractivity contribution in [1.82, 2.24) is 10.2 Å². The van der Waals surface area contributed by atoms with E-state index in [1.54, 1.807) is 13.0 Å². The number of piperidine rings is 1. The molecule has 6 heteroatoms. The number of likely N-dealkylation sites (tertiary alicyclic amines) is 1. The van der Waals surface area contributed by atoms with Gasteiger partial charge in [-0.1, -0.05) is 6.07 Å². The van der Waals surface area contributed by atoms with Crippen molar-refractivity contribution in [2.24, 2.45) is 0 Å². The Morgan fingerprint density at radius 1 is 1.40 bits per heavy atom. The lowest BCUT2D eigenvalue weighted by atomic mass is 10.0. The van der Waals surface area contributed by atoms with Gasteiger partial charge in [-0.25, -0.2) is 4.79 Å². The first-order chi connectivity index (χ1) is 11.7. The molecular formula is C19H30N4O2. The molecule has 1 unspecified atom stereocenters. The van der Waals surface area contributed by atoms with Gasteiger partial charge in [-0.3, -0.25) is 0 Å². The smallest absolute Gasteiger partial charge is 0.318 e. The predicted octanol–water partition coefficient (Wildman–Crippen LogP) is 3.40. The number of urea groups is 1. The molecule has 1 aromatic carbocycles. The third-order valence-electron chi connectivity index (χ3n) is 4.23. The molecule has 1 saturated heterocycles. The van der Waals surface area contributed by atoms with Crippen molar-refractivity contribution < 1.29 is 9.53 Å². The summed E-state index contributed by atoms with van der Waals surface area (Å²) in [5.41, 5.74) is 7.26. The lowest BCUT2D eigenvalue weighted by Crippen LogP contribution is -2.54. The maximum absolute atomic E-state index is 12.6. The van der Waals surface area contributed by atoms with Gasteiger partial charge in [0.25, 0.3) is 0 Å². The first-order valence-corrected chi connectivity index (χ1v) is 8.84. The highest BCUT2D eigenvalue weighted by atomic mass is 16.5. The van der Waals surface area contributed by atoms with E-state index < -0.39 is 0 Å². The number of nitrogens with zero attached hydrogens (tertiary/aromatic N) is 1. The molecule has 0 saturated carbocycles. The van der Waals surface area contributed by atoms with Crippen molar-refractivity contribution in [2.75, 3.05) is 18.9 Å². The summed E-state index contributed by atoms with van der Waals surface area (Å²) in [7, 11) is 0. The summed E-state index contributed by atoms with van der Waals surface area (Å²) in [4.78, 5) is 14.4. The van der Waals surface area contributed by atoms with Crippen LogP contribution in [0, 0.1) is 5.41 Å². The van der Waals surface area contributed by atoms with Crippen LogP contribution in [0.2, 0.25) is 0 Å². The molecule has 2 amide bonds. The van der Waals surface area contributed by atoms with Crippen LogP contribution in [-0.4, -0.2) is 41.4 Å². The van der Waals surface area contributed by atoms with Crippen LogP contribution in [0.4, 0.5) is 10.5 Å². The first-order valence-electron chi connectivity index (χ1n) is 8.84. The Hall–Kier alpha value is -2.24. The molecule has 0 bridgehead atoms. The summed E-state index contributed by atoms with van der Waals surface area (Å²) in [5.74, 6) is 0.606. The minimum absolute atomic E-state index is 0.0245. The van der Waals surface area contributed by atoms with Crippen LogP contribution >= 0.6 is 0 Å². The van der Waals surface area contributed by atoms with Gasteiger partial charge in [0.1, 0.15) is 12.4 Å². The molecule has 1 aromatic rings. The maximum atomic E-state index is 12.6. The van der Waals surface area contributed by atoms with Gasteiger partial charge >= 0.3 is 6.03 Å². The van der Waals surface area contributed by atoms with E-state index in [1.165, 1.54) is 0 Å². The Labute approximate surface area is 150 Å². The molecule has 25 heavy (non-hydrogen) atoms. The van der Waals surface area contributed by atoms with Gasteiger partial charge in [0.05, 0.1) is 11.6 Å². The molecule has 0 radical (unpaired) electrons. The fraction of sp³-hybridized carbons (Fsp3) is 0.579. The van der Waals surface area contributed by atoms with E-state index >= 15 is 0 Å². The van der Waals surface area contributed by atoms with Crippen molar-refractivity contribution in [3.05, 3.63) is 23.8 Å². The van der Waals surface area contributed by atoms with Gasteiger partial charge in [-0.05, 0) is 59.1 Å². The number of benzene rings is 1. The summed E-state index contributed by atoms with van der Waals surface area (Å²) >= 11 is 0. The van der Waals surface area contributed by atoms with Crippen LogP contribution in [0.25, 0.3) is 0 Å². The van der Waals surface area contributed by atoms with Crippen molar-refractivity contribution in [3.63, 3.8) is 0 Å². The second-order valence-corrected chi connectivity index (χ2v) is 7.68. The average Bonchev–Trinajstić information content (AvgIpc) is 2.51. The summed E-state index contributed by atoms with van der Waals surface area (Å²) in [6, 6.07) is 5.39. The Morgan fingerprint density at radius 3 is 2.76 bits per heavy atom. The molecule has 6 nitrogen and oxygen atoms in total. The normalized spacial score (nSPS) is 17.9. The van der Waals surface area contributed by atoms with Crippen LogP contribution in [0.3, 0.4) is 0 Å². The van der Waals surface area contributed by atoms with E-state index in [1.807, 2.05) is 37.8 Å². The van der Waals surface area contributed by atoms with Gasteiger partial charge < -0.3 is 26.1 Å². The molecule has 4 N–H and O–H groups in total. The fourth-order valence-corrected chi connectivity index (χ4v) is 3.09. The number of hydrogen-bond acceptors (Lipinski definition) is 4. The van der Waals surface area contributed by atoms with E-state index in [0.717, 1.165) is 25.8 Å². The van der Waals surface area contributed by atoms with E-state index in [0.29, 0.717) is 29.3 Å². The number of rotatable bonds is 4. The van der Waals surface area contributed by atoms with E-state index in [2.05, 4.69) is 5.32 Å². The maximum Gasteiger partial charge on any atom is 0.318 e. The Morgan fingerprint density at radius 2 is 2.12 bits per heavy atom. The molecule has 1 fully saturated rings. The fourth-order valence-electron chi connectivity index (χ4n) is 3.09. The first kappa shape index (κ1) is 19.1. The topological polar surface area (TPSA) is 91.4 Å². The van der Waals surface area contributed by atoms with E-state index in [-0.39, 0.29) is 17.6 Å². The minimum Gasteiger partial charge on any atom is -0.491 e. The van der Waals surface area contributed by atoms with Crippen LogP contribution in [0.15, 0.2) is 18.2 Å². The SMILES string of the molecule is CC(=N)c1c(N)cccc1OCC1CCCCN1C(=O)NC(C)(C)C. The van der Waals surface area contributed by atoms with Gasteiger partial charge in [-0.15, -0.1) is 0 Å². The average molecular weight is 346 g/mol.